The number of hydrogen-bond acceptors (Lipinski definition) is 7. The average molecular weight is 422 g/mol. The number of nitrogens with two attached hydrogens (primary N) is 1. The Morgan fingerprint density at radius 3 is 2.28 bits per heavy atom. The Balaban J connectivity index is 2.04. The molecule has 1 atom stereocenters. The van der Waals surface area contributed by atoms with Crippen molar-refractivity contribution in [1.29, 1.82) is 0 Å². The van der Waals surface area contributed by atoms with Gasteiger partial charge in [0.2, 0.25) is 10.0 Å². The summed E-state index contributed by atoms with van der Waals surface area (Å²) in [5.74, 6) is -0.651. The summed E-state index contributed by atoms with van der Waals surface area (Å²) in [7, 11) is -1.16. The Kier molecular flexibility index (Phi) is 7.18. The van der Waals surface area contributed by atoms with Crippen LogP contribution < -0.4 is 19.9 Å². The molecule has 1 amide bonds. The number of primary sulfonamides is 1. The van der Waals surface area contributed by atoms with Gasteiger partial charge in [0.15, 0.2) is 6.10 Å². The first-order chi connectivity index (χ1) is 13.7. The van der Waals surface area contributed by atoms with Gasteiger partial charge in [0.05, 0.1) is 19.1 Å². The van der Waals surface area contributed by atoms with Crippen molar-refractivity contribution in [3.05, 3.63) is 53.6 Å². The monoisotopic (exact) mass is 422 g/mol. The standard InChI is InChI=1S/C19H22N2O7S/c1-12(18(22)21-11-13-4-6-14(26-2)7-5-13)28-19(23)16-10-15(29(20,24)25)8-9-17(16)27-3/h4-10,12H,11H2,1-3H3,(H,21,22)(H2,20,24,25)/t12-/m0/s1. The van der Waals surface area contributed by atoms with Gasteiger partial charge >= 0.3 is 5.97 Å². The molecule has 156 valence electrons. The van der Waals surface area contributed by atoms with Crippen LogP contribution in [0, 0.1) is 0 Å². The molecule has 9 nitrogen and oxygen atoms in total. The predicted octanol–water partition coefficient (Wildman–Crippen LogP) is 1.21. The van der Waals surface area contributed by atoms with E-state index in [1.807, 2.05) is 0 Å². The van der Waals surface area contributed by atoms with Gasteiger partial charge in [-0.05, 0) is 42.8 Å². The van der Waals surface area contributed by atoms with Crippen LogP contribution in [-0.2, 0) is 26.1 Å². The van der Waals surface area contributed by atoms with Crippen LogP contribution in [0.15, 0.2) is 47.4 Å². The van der Waals surface area contributed by atoms with E-state index >= 15 is 0 Å². The summed E-state index contributed by atoms with van der Waals surface area (Å²) < 4.78 is 38.3. The number of ether oxygens (including phenoxy) is 3. The molecule has 0 unspecified atom stereocenters. The second-order valence-electron chi connectivity index (χ2n) is 6.02. The van der Waals surface area contributed by atoms with E-state index < -0.39 is 28.0 Å². The fourth-order valence-corrected chi connectivity index (χ4v) is 2.92. The molecule has 2 aromatic rings. The van der Waals surface area contributed by atoms with E-state index in [1.54, 1.807) is 31.4 Å². The number of nitrogens with one attached hydrogen (secondary N) is 1. The van der Waals surface area contributed by atoms with E-state index in [9.17, 15) is 18.0 Å². The van der Waals surface area contributed by atoms with Gasteiger partial charge in [0, 0.05) is 6.54 Å². The third-order valence-electron chi connectivity index (χ3n) is 4.00. The molecule has 2 rings (SSSR count). The number of hydrogen-bond donors (Lipinski definition) is 2. The first-order valence-electron chi connectivity index (χ1n) is 8.48. The zero-order valence-corrected chi connectivity index (χ0v) is 17.0. The van der Waals surface area contributed by atoms with Crippen LogP contribution in [0.25, 0.3) is 0 Å². The van der Waals surface area contributed by atoms with E-state index in [2.05, 4.69) is 5.32 Å². The Morgan fingerprint density at radius 1 is 1.07 bits per heavy atom. The van der Waals surface area contributed by atoms with E-state index in [-0.39, 0.29) is 22.8 Å². The number of benzene rings is 2. The molecule has 0 aliphatic rings. The van der Waals surface area contributed by atoms with E-state index in [0.29, 0.717) is 5.75 Å². The summed E-state index contributed by atoms with van der Waals surface area (Å²) in [6, 6.07) is 10.6. The summed E-state index contributed by atoms with van der Waals surface area (Å²) in [4.78, 5) is 24.4. The van der Waals surface area contributed by atoms with Crippen molar-refractivity contribution in [2.75, 3.05) is 14.2 Å². The van der Waals surface area contributed by atoms with Crippen molar-refractivity contribution in [2.24, 2.45) is 5.14 Å². The van der Waals surface area contributed by atoms with Crippen LogP contribution in [0.1, 0.15) is 22.8 Å². The normalized spacial score (nSPS) is 12.0. The average Bonchev–Trinajstić information content (AvgIpc) is 2.70. The first kappa shape index (κ1) is 22.2. The second-order valence-corrected chi connectivity index (χ2v) is 7.58. The molecule has 0 aliphatic carbocycles. The van der Waals surface area contributed by atoms with Gasteiger partial charge in [-0.25, -0.2) is 18.4 Å². The summed E-state index contributed by atoms with van der Waals surface area (Å²) in [6.07, 6.45) is -1.12. The fraction of sp³-hybridized carbons (Fsp3) is 0.263. The highest BCUT2D eigenvalue weighted by molar-refractivity contribution is 7.89. The Morgan fingerprint density at radius 2 is 1.72 bits per heavy atom. The van der Waals surface area contributed by atoms with Crippen molar-refractivity contribution in [2.45, 2.75) is 24.5 Å². The number of carbonyl (C=O) groups excluding carboxylic acids is 2. The van der Waals surface area contributed by atoms with Crippen LogP contribution in [0.2, 0.25) is 0 Å². The highest BCUT2D eigenvalue weighted by Gasteiger charge is 2.23. The van der Waals surface area contributed by atoms with Crippen molar-refractivity contribution in [3.8, 4) is 11.5 Å². The third-order valence-corrected chi connectivity index (χ3v) is 4.91. The Bertz CT molecular complexity index is 988. The topological polar surface area (TPSA) is 134 Å². The lowest BCUT2D eigenvalue weighted by Gasteiger charge is -2.15. The van der Waals surface area contributed by atoms with Crippen molar-refractivity contribution in [1.82, 2.24) is 5.32 Å². The lowest BCUT2D eigenvalue weighted by molar-refractivity contribution is -0.129. The van der Waals surface area contributed by atoms with E-state index in [0.717, 1.165) is 11.6 Å². The molecule has 3 N–H and O–H groups in total. The van der Waals surface area contributed by atoms with Crippen LogP contribution >= 0.6 is 0 Å². The van der Waals surface area contributed by atoms with E-state index in [1.165, 1.54) is 26.2 Å². The van der Waals surface area contributed by atoms with E-state index in [4.69, 9.17) is 19.3 Å². The lowest BCUT2D eigenvalue weighted by atomic mass is 10.2. The van der Waals surface area contributed by atoms with Gasteiger partial charge in [-0.1, -0.05) is 12.1 Å². The highest BCUT2D eigenvalue weighted by atomic mass is 32.2. The maximum atomic E-state index is 12.4. The molecule has 2 aromatic carbocycles. The maximum Gasteiger partial charge on any atom is 0.342 e. The molecule has 0 radical (unpaired) electrons. The molecular formula is C19H22N2O7S. The van der Waals surface area contributed by atoms with Gasteiger partial charge in [0.25, 0.3) is 5.91 Å². The van der Waals surface area contributed by atoms with Crippen molar-refractivity contribution in [3.63, 3.8) is 0 Å². The molecule has 0 saturated heterocycles. The smallest absolute Gasteiger partial charge is 0.342 e. The third kappa shape index (κ3) is 5.93. The lowest BCUT2D eigenvalue weighted by Crippen LogP contribution is -2.35. The van der Waals surface area contributed by atoms with Crippen LogP contribution in [0.4, 0.5) is 0 Å². The van der Waals surface area contributed by atoms with Crippen molar-refractivity contribution >= 4 is 21.9 Å². The van der Waals surface area contributed by atoms with Gasteiger partial charge < -0.3 is 19.5 Å². The molecule has 0 aromatic heterocycles. The number of methoxy groups -OCH3 is 2. The molecule has 0 saturated carbocycles. The first-order valence-corrected chi connectivity index (χ1v) is 10.0. The van der Waals surface area contributed by atoms with Gasteiger partial charge in [-0.2, -0.15) is 0 Å². The van der Waals surface area contributed by atoms with Crippen LogP contribution in [0.3, 0.4) is 0 Å². The summed E-state index contributed by atoms with van der Waals surface area (Å²) in [5.41, 5.74) is 0.675. The quantitative estimate of drug-likeness (QED) is 0.611. The largest absolute Gasteiger partial charge is 0.497 e. The number of sulfonamides is 1. The number of amides is 1. The number of carbonyl (C=O) groups is 2. The molecule has 10 heteroatoms. The Labute approximate surface area is 168 Å². The molecule has 29 heavy (non-hydrogen) atoms. The maximum absolute atomic E-state index is 12.4. The molecule has 0 spiro atoms. The summed E-state index contributed by atoms with van der Waals surface area (Å²) >= 11 is 0. The highest BCUT2D eigenvalue weighted by Crippen LogP contribution is 2.23. The fourth-order valence-electron chi connectivity index (χ4n) is 2.38. The van der Waals surface area contributed by atoms with Gasteiger partial charge in [0.1, 0.15) is 17.1 Å². The van der Waals surface area contributed by atoms with Gasteiger partial charge in [-0.3, -0.25) is 4.79 Å². The number of rotatable bonds is 8. The minimum Gasteiger partial charge on any atom is -0.497 e. The van der Waals surface area contributed by atoms with Crippen LogP contribution in [-0.4, -0.2) is 40.6 Å². The van der Waals surface area contributed by atoms with Crippen LogP contribution in [0.5, 0.6) is 11.5 Å². The minimum absolute atomic E-state index is 0.0910. The summed E-state index contributed by atoms with van der Waals surface area (Å²) in [5, 5.41) is 7.74. The zero-order valence-electron chi connectivity index (χ0n) is 16.2. The molecular weight excluding hydrogens is 400 g/mol. The number of esters is 1. The minimum atomic E-state index is -4.02. The molecule has 0 aliphatic heterocycles. The summed E-state index contributed by atoms with van der Waals surface area (Å²) in [6.45, 7) is 1.63. The molecule has 0 bridgehead atoms. The van der Waals surface area contributed by atoms with Crippen molar-refractivity contribution < 1.29 is 32.2 Å². The van der Waals surface area contributed by atoms with Gasteiger partial charge in [-0.15, -0.1) is 0 Å². The zero-order chi connectivity index (χ0) is 21.6. The molecule has 0 heterocycles. The molecule has 0 fully saturated rings. The SMILES string of the molecule is COc1ccc(CNC(=O)[C@H](C)OC(=O)c2cc(S(N)(=O)=O)ccc2OC)cc1. The Hall–Kier alpha value is -3.11. The predicted molar refractivity (Wildman–Crippen MR) is 104 cm³/mol. The second kappa shape index (κ2) is 9.39.